The molecule has 1 aromatic heterocycles. The van der Waals surface area contributed by atoms with Crippen molar-refractivity contribution in [2.75, 3.05) is 20.6 Å². The molecule has 0 aliphatic carbocycles. The first-order valence-corrected chi connectivity index (χ1v) is 8.51. The maximum absolute atomic E-state index is 10.3. The Hall–Kier alpha value is -0.900. The molecule has 0 amide bonds. The van der Waals surface area contributed by atoms with Crippen molar-refractivity contribution < 1.29 is 5.11 Å². The Kier molecular flexibility index (Phi) is 8.96. The largest absolute Gasteiger partial charge is 0.387 e. The third kappa shape index (κ3) is 6.19. The van der Waals surface area contributed by atoms with Crippen molar-refractivity contribution in [3.63, 3.8) is 0 Å². The van der Waals surface area contributed by atoms with E-state index in [0.29, 0.717) is 24.1 Å². The zero-order chi connectivity index (χ0) is 16.8. The summed E-state index contributed by atoms with van der Waals surface area (Å²) < 4.78 is 0. The molecule has 2 rings (SSSR count). The van der Waals surface area contributed by atoms with Crippen molar-refractivity contribution in [3.05, 3.63) is 50.9 Å². The predicted molar refractivity (Wildman–Crippen MR) is 112 cm³/mol. The second-order valence-corrected chi connectivity index (χ2v) is 6.71. The van der Waals surface area contributed by atoms with E-state index < -0.39 is 6.10 Å². The molecular formula is C16H22ClIN4OS. The summed E-state index contributed by atoms with van der Waals surface area (Å²) >= 11 is 7.58. The molecule has 1 unspecified atom stereocenters. The Balaban J connectivity index is 0.00000288. The summed E-state index contributed by atoms with van der Waals surface area (Å²) in [7, 11) is 3.66. The first-order valence-electron chi connectivity index (χ1n) is 7.26. The molecule has 0 bridgehead atoms. The van der Waals surface area contributed by atoms with Crippen molar-refractivity contribution in [3.8, 4) is 0 Å². The van der Waals surface area contributed by atoms with Gasteiger partial charge in [-0.15, -0.1) is 35.3 Å². The van der Waals surface area contributed by atoms with Crippen molar-refractivity contribution in [1.29, 1.82) is 0 Å². The smallest absolute Gasteiger partial charge is 0.193 e. The van der Waals surface area contributed by atoms with Gasteiger partial charge in [0.1, 0.15) is 0 Å². The number of guanidine groups is 1. The van der Waals surface area contributed by atoms with Crippen molar-refractivity contribution in [2.24, 2.45) is 4.99 Å². The molecule has 24 heavy (non-hydrogen) atoms. The molecule has 2 aromatic rings. The minimum Gasteiger partial charge on any atom is -0.387 e. The van der Waals surface area contributed by atoms with Crippen LogP contribution < -0.4 is 5.32 Å². The van der Waals surface area contributed by atoms with Gasteiger partial charge in [0.2, 0.25) is 0 Å². The van der Waals surface area contributed by atoms with Gasteiger partial charge in [0, 0.05) is 31.0 Å². The van der Waals surface area contributed by atoms with Crippen molar-refractivity contribution >= 4 is 52.9 Å². The minimum atomic E-state index is -0.652. The van der Waals surface area contributed by atoms with Gasteiger partial charge in [-0.2, -0.15) is 0 Å². The van der Waals surface area contributed by atoms with Crippen LogP contribution in [0.4, 0.5) is 0 Å². The van der Waals surface area contributed by atoms with E-state index in [1.165, 1.54) is 0 Å². The average Bonchev–Trinajstić information content (AvgIpc) is 2.92. The number of thiazole rings is 1. The van der Waals surface area contributed by atoms with Gasteiger partial charge in [0.05, 0.1) is 23.4 Å². The minimum absolute atomic E-state index is 0. The van der Waals surface area contributed by atoms with E-state index in [4.69, 9.17) is 11.6 Å². The monoisotopic (exact) mass is 480 g/mol. The van der Waals surface area contributed by atoms with Gasteiger partial charge >= 0.3 is 0 Å². The number of hydrogen-bond donors (Lipinski definition) is 2. The molecule has 0 aliphatic rings. The second kappa shape index (κ2) is 10.2. The van der Waals surface area contributed by atoms with Gasteiger partial charge in [-0.3, -0.25) is 4.99 Å². The summed E-state index contributed by atoms with van der Waals surface area (Å²) in [6, 6.07) is 7.22. The van der Waals surface area contributed by atoms with E-state index in [1.807, 2.05) is 36.4 Å². The van der Waals surface area contributed by atoms with Crippen molar-refractivity contribution in [1.82, 2.24) is 15.2 Å². The van der Waals surface area contributed by atoms with E-state index in [-0.39, 0.29) is 24.0 Å². The lowest BCUT2D eigenvalue weighted by Gasteiger charge is -2.22. The van der Waals surface area contributed by atoms with Crippen LogP contribution in [0.25, 0.3) is 0 Å². The third-order valence-corrected chi connectivity index (χ3v) is 4.38. The van der Waals surface area contributed by atoms with Crippen LogP contribution in [-0.2, 0) is 6.54 Å². The van der Waals surface area contributed by atoms with E-state index in [0.717, 1.165) is 16.3 Å². The van der Waals surface area contributed by atoms with E-state index in [9.17, 15) is 5.11 Å². The fraction of sp³-hybridized carbons (Fsp3) is 0.375. The molecule has 0 saturated heterocycles. The van der Waals surface area contributed by atoms with E-state index in [2.05, 4.69) is 15.3 Å². The highest BCUT2D eigenvalue weighted by molar-refractivity contribution is 14.0. The Morgan fingerprint density at radius 1 is 1.50 bits per heavy atom. The molecule has 2 N–H and O–H groups in total. The number of aliphatic hydroxyl groups excluding tert-OH is 1. The number of aromatic nitrogens is 1. The van der Waals surface area contributed by atoms with E-state index >= 15 is 0 Å². The van der Waals surface area contributed by atoms with Crippen molar-refractivity contribution in [2.45, 2.75) is 19.6 Å². The maximum atomic E-state index is 10.3. The molecule has 0 saturated carbocycles. The highest BCUT2D eigenvalue weighted by Gasteiger charge is 2.12. The first-order chi connectivity index (χ1) is 11.0. The quantitative estimate of drug-likeness (QED) is 0.391. The van der Waals surface area contributed by atoms with Crippen LogP contribution in [0.3, 0.4) is 0 Å². The maximum Gasteiger partial charge on any atom is 0.193 e. The van der Waals surface area contributed by atoms with Gasteiger partial charge in [-0.1, -0.05) is 23.7 Å². The number of aryl methyl sites for hydroxylation is 1. The number of benzene rings is 1. The molecule has 1 atom stereocenters. The van der Waals surface area contributed by atoms with Crippen LogP contribution >= 0.6 is 46.9 Å². The summed E-state index contributed by atoms with van der Waals surface area (Å²) in [6.45, 7) is 3.01. The van der Waals surface area contributed by atoms with E-state index in [1.54, 1.807) is 30.5 Å². The molecule has 8 heteroatoms. The zero-order valence-electron chi connectivity index (χ0n) is 13.9. The molecule has 5 nitrogen and oxygen atoms in total. The Labute approximate surface area is 168 Å². The van der Waals surface area contributed by atoms with Gasteiger partial charge in [-0.05, 0) is 24.6 Å². The second-order valence-electron chi connectivity index (χ2n) is 5.21. The number of aliphatic imine (C=N–C) groups is 1. The van der Waals surface area contributed by atoms with Crippen LogP contribution in [0, 0.1) is 6.92 Å². The summed E-state index contributed by atoms with van der Waals surface area (Å²) in [5.41, 5.74) is 1.78. The van der Waals surface area contributed by atoms with Crippen LogP contribution in [-0.4, -0.2) is 41.6 Å². The summed E-state index contributed by atoms with van der Waals surface area (Å²) in [5.74, 6) is 0.705. The number of rotatable bonds is 5. The molecule has 1 aromatic carbocycles. The number of nitrogens with one attached hydrogen (secondary N) is 1. The Bertz CT molecular complexity index is 680. The Morgan fingerprint density at radius 2 is 2.25 bits per heavy atom. The normalized spacial score (nSPS) is 12.5. The van der Waals surface area contributed by atoms with Crippen LogP contribution in [0.15, 0.2) is 34.6 Å². The lowest BCUT2D eigenvalue weighted by molar-refractivity contribution is 0.179. The summed E-state index contributed by atoms with van der Waals surface area (Å²) in [6.07, 6.45) is -0.652. The lowest BCUT2D eigenvalue weighted by atomic mass is 10.1. The highest BCUT2D eigenvalue weighted by atomic mass is 127. The molecular weight excluding hydrogens is 459 g/mol. The molecule has 0 fully saturated rings. The van der Waals surface area contributed by atoms with Crippen LogP contribution in [0.2, 0.25) is 5.02 Å². The molecule has 132 valence electrons. The van der Waals surface area contributed by atoms with Crippen LogP contribution in [0.1, 0.15) is 22.4 Å². The van der Waals surface area contributed by atoms with Gasteiger partial charge in [0.25, 0.3) is 0 Å². The standard InChI is InChI=1S/C16H21ClN4OS.HI/c1-11-20-14(10-23-11)9-21(3)16(18-2)19-8-15(22)12-5-4-6-13(17)7-12;/h4-7,10,15,22H,8-9H2,1-3H3,(H,18,19);1H. The summed E-state index contributed by atoms with van der Waals surface area (Å²) in [4.78, 5) is 10.7. The van der Waals surface area contributed by atoms with Gasteiger partial charge in [0.15, 0.2) is 5.96 Å². The van der Waals surface area contributed by atoms with Crippen LogP contribution in [0.5, 0.6) is 0 Å². The lowest BCUT2D eigenvalue weighted by Crippen LogP contribution is -2.40. The Morgan fingerprint density at radius 3 is 2.83 bits per heavy atom. The topological polar surface area (TPSA) is 60.8 Å². The fourth-order valence-electron chi connectivity index (χ4n) is 2.20. The first kappa shape index (κ1) is 21.1. The fourth-order valence-corrected chi connectivity index (χ4v) is 3.01. The van der Waals surface area contributed by atoms with Gasteiger partial charge in [-0.25, -0.2) is 4.98 Å². The number of aliphatic hydroxyl groups is 1. The SMILES string of the molecule is CN=C(NCC(O)c1cccc(Cl)c1)N(C)Cc1csc(C)n1.I. The molecule has 0 aliphatic heterocycles. The number of halogens is 2. The third-order valence-electron chi connectivity index (χ3n) is 3.33. The number of hydrogen-bond acceptors (Lipinski definition) is 4. The predicted octanol–water partition coefficient (Wildman–Crippen LogP) is 3.46. The molecule has 1 heterocycles. The molecule has 0 spiro atoms. The van der Waals surface area contributed by atoms with Gasteiger partial charge < -0.3 is 15.3 Å². The zero-order valence-corrected chi connectivity index (χ0v) is 17.8. The highest BCUT2D eigenvalue weighted by Crippen LogP contribution is 2.17. The average molecular weight is 481 g/mol. The number of nitrogens with zero attached hydrogens (tertiary/aromatic N) is 3. The summed E-state index contributed by atoms with van der Waals surface area (Å²) in [5, 5.41) is 17.1. The molecule has 0 radical (unpaired) electrons.